The van der Waals surface area contributed by atoms with Gasteiger partial charge in [0.25, 0.3) is 5.91 Å². The van der Waals surface area contributed by atoms with Gasteiger partial charge in [0.15, 0.2) is 0 Å². The van der Waals surface area contributed by atoms with Crippen LogP contribution >= 0.6 is 11.3 Å². The van der Waals surface area contributed by atoms with Gasteiger partial charge in [0, 0.05) is 36.3 Å². The second kappa shape index (κ2) is 6.43. The smallest absolute Gasteiger partial charge is 0.263 e. The van der Waals surface area contributed by atoms with Crippen LogP contribution in [0.15, 0.2) is 24.3 Å². The summed E-state index contributed by atoms with van der Waals surface area (Å²) in [6.45, 7) is 4.89. The molecule has 0 saturated carbocycles. The number of fused-ring (bicyclic) bond motifs is 1. The first kappa shape index (κ1) is 14.3. The number of nitrogen functional groups attached to an aromatic ring is 1. The maximum atomic E-state index is 12.3. The SMILES string of the molecule is Nc1c(C(=O)NCCN2CCOCC2)sc2ccccc12. The summed E-state index contributed by atoms with van der Waals surface area (Å²) >= 11 is 1.45. The molecule has 1 saturated heterocycles. The van der Waals surface area contributed by atoms with Gasteiger partial charge in [-0.25, -0.2) is 0 Å². The molecule has 112 valence electrons. The first-order valence-corrected chi connectivity index (χ1v) is 7.92. The van der Waals surface area contributed by atoms with E-state index in [-0.39, 0.29) is 5.91 Å². The number of carbonyl (C=O) groups is 1. The first-order chi connectivity index (χ1) is 10.3. The maximum Gasteiger partial charge on any atom is 0.263 e. The molecule has 0 atom stereocenters. The summed E-state index contributed by atoms with van der Waals surface area (Å²) in [6.07, 6.45) is 0. The maximum absolute atomic E-state index is 12.3. The number of morpholine rings is 1. The minimum atomic E-state index is -0.0815. The highest BCUT2D eigenvalue weighted by atomic mass is 32.1. The van der Waals surface area contributed by atoms with E-state index in [2.05, 4.69) is 10.2 Å². The molecule has 0 bridgehead atoms. The van der Waals surface area contributed by atoms with E-state index in [0.717, 1.165) is 42.9 Å². The summed E-state index contributed by atoms with van der Waals surface area (Å²) in [6, 6.07) is 7.83. The molecule has 1 aliphatic rings. The summed E-state index contributed by atoms with van der Waals surface area (Å²) in [5.41, 5.74) is 6.66. The van der Waals surface area contributed by atoms with E-state index in [1.807, 2.05) is 24.3 Å². The third-order valence-electron chi connectivity index (χ3n) is 3.66. The number of rotatable bonds is 4. The summed E-state index contributed by atoms with van der Waals surface area (Å²) in [4.78, 5) is 15.2. The Hall–Kier alpha value is -1.63. The minimum Gasteiger partial charge on any atom is -0.397 e. The van der Waals surface area contributed by atoms with Crippen molar-refractivity contribution in [3.63, 3.8) is 0 Å². The van der Waals surface area contributed by atoms with Gasteiger partial charge in [-0.15, -0.1) is 11.3 Å². The largest absolute Gasteiger partial charge is 0.397 e. The Kier molecular flexibility index (Phi) is 4.38. The van der Waals surface area contributed by atoms with Crippen molar-refractivity contribution in [2.45, 2.75) is 0 Å². The lowest BCUT2D eigenvalue weighted by molar-refractivity contribution is 0.0383. The fourth-order valence-corrected chi connectivity index (χ4v) is 3.51. The monoisotopic (exact) mass is 305 g/mol. The van der Waals surface area contributed by atoms with Gasteiger partial charge >= 0.3 is 0 Å². The standard InChI is InChI=1S/C15H19N3O2S/c16-13-11-3-1-2-4-12(11)21-14(13)15(19)17-5-6-18-7-9-20-10-8-18/h1-4H,5-10,16H2,(H,17,19). The summed E-state index contributed by atoms with van der Waals surface area (Å²) in [5, 5.41) is 3.92. The normalized spacial score (nSPS) is 16.2. The molecule has 2 heterocycles. The average molecular weight is 305 g/mol. The molecule has 0 spiro atoms. The Bertz CT molecular complexity index is 635. The number of nitrogens with zero attached hydrogens (tertiary/aromatic N) is 1. The summed E-state index contributed by atoms with van der Waals surface area (Å²) in [5.74, 6) is -0.0815. The quantitative estimate of drug-likeness (QED) is 0.899. The molecule has 1 aliphatic heterocycles. The predicted octanol–water partition coefficient (Wildman–Crippen LogP) is 1.55. The van der Waals surface area contributed by atoms with Crippen molar-refractivity contribution < 1.29 is 9.53 Å². The van der Waals surface area contributed by atoms with E-state index >= 15 is 0 Å². The number of amides is 1. The van der Waals surface area contributed by atoms with Crippen LogP contribution in [0.2, 0.25) is 0 Å². The molecule has 1 aromatic heterocycles. The molecule has 21 heavy (non-hydrogen) atoms. The minimum absolute atomic E-state index is 0.0815. The van der Waals surface area contributed by atoms with Crippen LogP contribution in [0.3, 0.4) is 0 Å². The number of carbonyl (C=O) groups excluding carboxylic acids is 1. The molecular weight excluding hydrogens is 286 g/mol. The van der Waals surface area contributed by atoms with E-state index in [4.69, 9.17) is 10.5 Å². The van der Waals surface area contributed by atoms with Crippen molar-refractivity contribution in [2.75, 3.05) is 45.1 Å². The molecule has 0 unspecified atom stereocenters. The van der Waals surface area contributed by atoms with E-state index in [1.54, 1.807) is 0 Å². The Morgan fingerprint density at radius 3 is 2.86 bits per heavy atom. The van der Waals surface area contributed by atoms with Gasteiger partial charge < -0.3 is 15.8 Å². The number of ether oxygens (including phenoxy) is 1. The number of benzene rings is 1. The first-order valence-electron chi connectivity index (χ1n) is 7.11. The van der Waals surface area contributed by atoms with Crippen LogP contribution in [0.25, 0.3) is 10.1 Å². The zero-order valence-corrected chi connectivity index (χ0v) is 12.6. The molecule has 1 amide bonds. The zero-order valence-electron chi connectivity index (χ0n) is 11.8. The lowest BCUT2D eigenvalue weighted by atomic mass is 10.2. The topological polar surface area (TPSA) is 67.6 Å². The molecule has 3 N–H and O–H groups in total. The van der Waals surface area contributed by atoms with Crippen LogP contribution < -0.4 is 11.1 Å². The fourth-order valence-electron chi connectivity index (χ4n) is 2.47. The number of hydrogen-bond acceptors (Lipinski definition) is 5. The van der Waals surface area contributed by atoms with Crippen molar-refractivity contribution in [2.24, 2.45) is 0 Å². The number of thiophene rings is 1. The van der Waals surface area contributed by atoms with Crippen molar-refractivity contribution in [3.05, 3.63) is 29.1 Å². The van der Waals surface area contributed by atoms with Gasteiger partial charge in [0.05, 0.1) is 18.9 Å². The third kappa shape index (κ3) is 3.18. The number of anilines is 1. The molecule has 5 nitrogen and oxygen atoms in total. The van der Waals surface area contributed by atoms with Crippen LogP contribution in [0.5, 0.6) is 0 Å². The molecule has 1 aromatic carbocycles. The van der Waals surface area contributed by atoms with Crippen molar-refractivity contribution in [1.82, 2.24) is 10.2 Å². The van der Waals surface area contributed by atoms with Gasteiger partial charge in [-0.05, 0) is 6.07 Å². The van der Waals surface area contributed by atoms with Gasteiger partial charge in [-0.2, -0.15) is 0 Å². The number of hydrogen-bond donors (Lipinski definition) is 2. The van der Waals surface area contributed by atoms with E-state index < -0.39 is 0 Å². The molecular formula is C15H19N3O2S. The lowest BCUT2D eigenvalue weighted by Crippen LogP contribution is -2.41. The molecule has 1 fully saturated rings. The number of nitrogens with two attached hydrogens (primary N) is 1. The van der Waals surface area contributed by atoms with Gasteiger partial charge in [-0.1, -0.05) is 18.2 Å². The highest BCUT2D eigenvalue weighted by molar-refractivity contribution is 7.21. The van der Waals surface area contributed by atoms with Gasteiger partial charge in [0.2, 0.25) is 0 Å². The Labute approximate surface area is 127 Å². The summed E-state index contributed by atoms with van der Waals surface area (Å²) < 4.78 is 6.35. The van der Waals surface area contributed by atoms with Crippen molar-refractivity contribution in [3.8, 4) is 0 Å². The molecule has 3 rings (SSSR count). The van der Waals surface area contributed by atoms with E-state index in [1.165, 1.54) is 11.3 Å². The average Bonchev–Trinajstić information content (AvgIpc) is 2.86. The molecule has 0 radical (unpaired) electrons. The van der Waals surface area contributed by atoms with Crippen LogP contribution in [-0.4, -0.2) is 50.2 Å². The van der Waals surface area contributed by atoms with Crippen LogP contribution in [0, 0.1) is 0 Å². The Morgan fingerprint density at radius 2 is 2.10 bits per heavy atom. The second-order valence-corrected chi connectivity index (χ2v) is 6.10. The zero-order chi connectivity index (χ0) is 14.7. The highest BCUT2D eigenvalue weighted by Gasteiger charge is 2.16. The number of nitrogens with one attached hydrogen (secondary N) is 1. The van der Waals surface area contributed by atoms with E-state index in [0.29, 0.717) is 17.1 Å². The predicted molar refractivity (Wildman–Crippen MR) is 85.8 cm³/mol. The van der Waals surface area contributed by atoms with Crippen LogP contribution in [0.4, 0.5) is 5.69 Å². The Morgan fingerprint density at radius 1 is 1.33 bits per heavy atom. The van der Waals surface area contributed by atoms with Crippen LogP contribution in [-0.2, 0) is 4.74 Å². The molecule has 0 aliphatic carbocycles. The Balaban J connectivity index is 1.60. The highest BCUT2D eigenvalue weighted by Crippen LogP contribution is 2.33. The van der Waals surface area contributed by atoms with Gasteiger partial charge in [-0.3, -0.25) is 9.69 Å². The summed E-state index contributed by atoms with van der Waals surface area (Å²) in [7, 11) is 0. The van der Waals surface area contributed by atoms with Crippen LogP contribution in [0.1, 0.15) is 9.67 Å². The van der Waals surface area contributed by atoms with Gasteiger partial charge in [0.1, 0.15) is 4.88 Å². The third-order valence-corrected chi connectivity index (χ3v) is 4.84. The van der Waals surface area contributed by atoms with E-state index in [9.17, 15) is 4.79 Å². The second-order valence-electron chi connectivity index (χ2n) is 5.05. The molecule has 6 heteroatoms. The lowest BCUT2D eigenvalue weighted by Gasteiger charge is -2.26. The van der Waals surface area contributed by atoms with Crippen molar-refractivity contribution in [1.29, 1.82) is 0 Å². The molecule has 2 aromatic rings. The van der Waals surface area contributed by atoms with Crippen molar-refractivity contribution >= 4 is 33.0 Å². The fraction of sp³-hybridized carbons (Fsp3) is 0.400.